The van der Waals surface area contributed by atoms with E-state index in [4.69, 9.17) is 46.4 Å². The van der Waals surface area contributed by atoms with E-state index in [0.29, 0.717) is 10.0 Å². The van der Waals surface area contributed by atoms with Crippen molar-refractivity contribution in [2.45, 2.75) is 0 Å². The van der Waals surface area contributed by atoms with Crippen LogP contribution in [0.2, 0.25) is 20.1 Å². The summed E-state index contributed by atoms with van der Waals surface area (Å²) in [4.78, 5) is 35.5. The van der Waals surface area contributed by atoms with Crippen molar-refractivity contribution in [3.05, 3.63) is 56.5 Å². The van der Waals surface area contributed by atoms with Gasteiger partial charge in [-0.25, -0.2) is 0 Å². The number of hydrogen-bond acceptors (Lipinski definition) is 3. The molecule has 0 aliphatic rings. The van der Waals surface area contributed by atoms with Crippen LogP contribution in [0, 0.1) is 0 Å². The predicted molar refractivity (Wildman–Crippen MR) is 103 cm³/mol. The first kappa shape index (κ1) is 20.3. The molecule has 10 heteroatoms. The van der Waals surface area contributed by atoms with Crippen LogP contribution >= 0.6 is 46.4 Å². The molecule has 2 rings (SSSR count). The first-order chi connectivity index (χ1) is 12.3. The van der Waals surface area contributed by atoms with E-state index in [-0.39, 0.29) is 21.4 Å². The quantitative estimate of drug-likeness (QED) is 0.635. The van der Waals surface area contributed by atoms with E-state index in [1.54, 1.807) is 18.2 Å². The molecule has 0 atom stereocenters. The van der Waals surface area contributed by atoms with Crippen LogP contribution in [-0.2, 0) is 14.4 Å². The first-order valence-electron chi connectivity index (χ1n) is 7.05. The summed E-state index contributed by atoms with van der Waals surface area (Å²) in [6.07, 6.45) is 0. The van der Waals surface area contributed by atoms with E-state index in [0.717, 1.165) is 0 Å². The molecule has 0 bridgehead atoms. The smallest absolute Gasteiger partial charge is 0.313 e. The normalized spacial score (nSPS) is 10.2. The highest BCUT2D eigenvalue weighted by Crippen LogP contribution is 2.29. The Balaban J connectivity index is 1.88. The molecular weight excluding hydrogens is 424 g/mol. The van der Waals surface area contributed by atoms with Gasteiger partial charge in [-0.1, -0.05) is 52.5 Å². The van der Waals surface area contributed by atoms with E-state index < -0.39 is 24.3 Å². The molecule has 2 aromatic carbocycles. The van der Waals surface area contributed by atoms with Crippen LogP contribution in [0.4, 0.5) is 11.4 Å². The van der Waals surface area contributed by atoms with Gasteiger partial charge in [0.2, 0.25) is 5.91 Å². The Kier molecular flexibility index (Phi) is 7.11. The molecule has 0 unspecified atom stereocenters. The standard InChI is InChI=1S/C16H11Cl4N3O3/c17-8-4-9(18)6-10(5-8)22-16(26)15(25)21-7-13(24)23-12-3-1-2-11(19)14(12)20/h1-6H,7H2,(H,21,25)(H,22,26)(H,23,24). The molecular formula is C16H11Cl4N3O3. The highest BCUT2D eigenvalue weighted by Gasteiger charge is 2.16. The average Bonchev–Trinajstić information content (AvgIpc) is 2.55. The average molecular weight is 435 g/mol. The van der Waals surface area contributed by atoms with Gasteiger partial charge < -0.3 is 16.0 Å². The van der Waals surface area contributed by atoms with Gasteiger partial charge in [-0.15, -0.1) is 0 Å². The Morgan fingerprint density at radius 2 is 1.50 bits per heavy atom. The van der Waals surface area contributed by atoms with Crippen LogP contribution in [0.25, 0.3) is 0 Å². The minimum atomic E-state index is -1.01. The van der Waals surface area contributed by atoms with Crippen molar-refractivity contribution in [1.82, 2.24) is 5.32 Å². The maximum atomic E-state index is 11.9. The number of halogens is 4. The lowest BCUT2D eigenvalue weighted by atomic mass is 10.3. The summed E-state index contributed by atoms with van der Waals surface area (Å²) in [7, 11) is 0. The number of nitrogens with one attached hydrogen (secondary N) is 3. The molecule has 0 fully saturated rings. The van der Waals surface area contributed by atoms with Gasteiger partial charge in [0.15, 0.2) is 0 Å². The zero-order valence-corrected chi connectivity index (χ0v) is 15.9. The van der Waals surface area contributed by atoms with Crippen molar-refractivity contribution < 1.29 is 14.4 Å². The molecule has 0 aliphatic carbocycles. The molecule has 26 heavy (non-hydrogen) atoms. The number of carbonyl (C=O) groups excluding carboxylic acids is 3. The highest BCUT2D eigenvalue weighted by atomic mass is 35.5. The van der Waals surface area contributed by atoms with Crippen molar-refractivity contribution in [2.24, 2.45) is 0 Å². The largest absolute Gasteiger partial charge is 0.339 e. The minimum absolute atomic E-state index is 0.171. The third kappa shape index (κ3) is 5.78. The molecule has 0 aromatic heterocycles. The summed E-state index contributed by atoms with van der Waals surface area (Å²) < 4.78 is 0. The molecule has 136 valence electrons. The van der Waals surface area contributed by atoms with Crippen LogP contribution in [0.1, 0.15) is 0 Å². The third-order valence-corrected chi connectivity index (χ3v) is 4.22. The van der Waals surface area contributed by atoms with Gasteiger partial charge in [0.05, 0.1) is 22.3 Å². The van der Waals surface area contributed by atoms with Gasteiger partial charge in [0.1, 0.15) is 0 Å². The van der Waals surface area contributed by atoms with E-state index in [9.17, 15) is 14.4 Å². The monoisotopic (exact) mass is 433 g/mol. The maximum absolute atomic E-state index is 11.9. The van der Waals surface area contributed by atoms with E-state index in [1.807, 2.05) is 0 Å². The number of anilines is 2. The second-order valence-corrected chi connectivity index (χ2v) is 6.60. The summed E-state index contributed by atoms with van der Waals surface area (Å²) in [6.45, 7) is -0.439. The van der Waals surface area contributed by atoms with Crippen LogP contribution in [0.5, 0.6) is 0 Å². The van der Waals surface area contributed by atoms with Crippen molar-refractivity contribution in [2.75, 3.05) is 17.2 Å². The minimum Gasteiger partial charge on any atom is -0.339 e. The molecule has 3 N–H and O–H groups in total. The number of rotatable bonds is 4. The van der Waals surface area contributed by atoms with E-state index >= 15 is 0 Å². The van der Waals surface area contributed by atoms with Gasteiger partial charge in [0.25, 0.3) is 0 Å². The Hall–Kier alpha value is -1.99. The summed E-state index contributed by atoms with van der Waals surface area (Å²) in [5, 5.41) is 8.01. The third-order valence-electron chi connectivity index (χ3n) is 2.96. The lowest BCUT2D eigenvalue weighted by Gasteiger charge is -2.09. The molecule has 0 saturated heterocycles. The SMILES string of the molecule is O=C(CNC(=O)C(=O)Nc1cc(Cl)cc(Cl)c1)Nc1cccc(Cl)c1Cl. The fraction of sp³-hybridized carbons (Fsp3) is 0.0625. The Bertz CT molecular complexity index is 854. The van der Waals surface area contributed by atoms with Gasteiger partial charge in [-0.3, -0.25) is 14.4 Å². The highest BCUT2D eigenvalue weighted by molar-refractivity contribution is 6.44. The van der Waals surface area contributed by atoms with Crippen molar-refractivity contribution in [3.8, 4) is 0 Å². The summed E-state index contributed by atoms with van der Waals surface area (Å²) >= 11 is 23.4. The van der Waals surface area contributed by atoms with Crippen LogP contribution in [0.3, 0.4) is 0 Å². The fourth-order valence-corrected chi connectivity index (χ4v) is 2.72. The Labute approximate surface area is 168 Å². The van der Waals surface area contributed by atoms with Gasteiger partial charge in [-0.2, -0.15) is 0 Å². The summed E-state index contributed by atoms with van der Waals surface area (Å²) in [5.74, 6) is -2.56. The molecule has 0 spiro atoms. The molecule has 0 heterocycles. The van der Waals surface area contributed by atoms with E-state index in [1.165, 1.54) is 18.2 Å². The number of benzene rings is 2. The van der Waals surface area contributed by atoms with Crippen LogP contribution in [-0.4, -0.2) is 24.3 Å². The number of amides is 3. The lowest BCUT2D eigenvalue weighted by Crippen LogP contribution is -2.39. The zero-order valence-electron chi connectivity index (χ0n) is 12.9. The first-order valence-corrected chi connectivity index (χ1v) is 8.56. The number of carbonyl (C=O) groups is 3. The second-order valence-electron chi connectivity index (χ2n) is 4.94. The summed E-state index contributed by atoms with van der Waals surface area (Å²) in [5.41, 5.74) is 0.536. The van der Waals surface area contributed by atoms with Crippen LogP contribution < -0.4 is 16.0 Å². The van der Waals surface area contributed by atoms with Crippen molar-refractivity contribution in [3.63, 3.8) is 0 Å². The summed E-state index contributed by atoms with van der Waals surface area (Å²) in [6, 6.07) is 9.03. The lowest BCUT2D eigenvalue weighted by molar-refractivity contribution is -0.136. The molecule has 2 aromatic rings. The Morgan fingerprint density at radius 3 is 2.15 bits per heavy atom. The Morgan fingerprint density at radius 1 is 0.846 bits per heavy atom. The van der Waals surface area contributed by atoms with Crippen molar-refractivity contribution >= 4 is 75.5 Å². The zero-order chi connectivity index (χ0) is 19.3. The van der Waals surface area contributed by atoms with Crippen LogP contribution in [0.15, 0.2) is 36.4 Å². The van der Waals surface area contributed by atoms with Gasteiger partial charge in [-0.05, 0) is 30.3 Å². The molecule has 0 radical (unpaired) electrons. The van der Waals surface area contributed by atoms with Gasteiger partial charge in [0, 0.05) is 15.7 Å². The molecule has 0 saturated carbocycles. The number of hydrogen-bond donors (Lipinski definition) is 3. The van der Waals surface area contributed by atoms with Crippen molar-refractivity contribution in [1.29, 1.82) is 0 Å². The second kappa shape index (κ2) is 9.09. The predicted octanol–water partition coefficient (Wildman–Crippen LogP) is 3.99. The molecule has 0 aliphatic heterocycles. The molecule has 6 nitrogen and oxygen atoms in total. The fourth-order valence-electron chi connectivity index (χ4n) is 1.85. The molecule has 3 amide bonds. The topological polar surface area (TPSA) is 87.3 Å². The van der Waals surface area contributed by atoms with E-state index in [2.05, 4.69) is 16.0 Å². The van der Waals surface area contributed by atoms with Gasteiger partial charge >= 0.3 is 11.8 Å². The maximum Gasteiger partial charge on any atom is 0.313 e.